The maximum absolute atomic E-state index is 12.9. The van der Waals surface area contributed by atoms with Gasteiger partial charge in [-0.2, -0.15) is 5.10 Å². The number of hydrogen-bond donors (Lipinski definition) is 0. The molecule has 2 aromatic heterocycles. The number of likely N-dealkylation sites (N-methyl/N-ethyl adjacent to an activating group) is 1. The van der Waals surface area contributed by atoms with Crippen LogP contribution < -0.4 is 4.90 Å². The van der Waals surface area contributed by atoms with E-state index in [-0.39, 0.29) is 5.82 Å². The predicted molar refractivity (Wildman–Crippen MR) is 84.6 cm³/mol. The fraction of sp³-hybridized carbons (Fsp3) is 0.267. The molecule has 0 atom stereocenters. The van der Waals surface area contributed by atoms with Gasteiger partial charge in [-0.25, -0.2) is 4.39 Å². The van der Waals surface area contributed by atoms with E-state index in [9.17, 15) is 4.39 Å². The Morgan fingerprint density at radius 1 is 1.23 bits per heavy atom. The highest BCUT2D eigenvalue weighted by molar-refractivity contribution is 7.15. The fourth-order valence-electron chi connectivity index (χ4n) is 2.03. The van der Waals surface area contributed by atoms with Gasteiger partial charge in [0.15, 0.2) is 0 Å². The molecule has 0 spiro atoms. The second kappa shape index (κ2) is 6.65. The van der Waals surface area contributed by atoms with Crippen molar-refractivity contribution >= 4 is 16.5 Å². The molecule has 0 aliphatic rings. The Hall–Kier alpha value is -2.28. The molecule has 0 fully saturated rings. The highest BCUT2D eigenvalue weighted by atomic mass is 32.1. The van der Waals surface area contributed by atoms with Crippen LogP contribution in [0.15, 0.2) is 42.7 Å². The van der Waals surface area contributed by atoms with Crippen molar-refractivity contribution in [3.05, 3.63) is 59.1 Å². The van der Waals surface area contributed by atoms with Crippen LogP contribution in [0, 0.1) is 5.82 Å². The number of halogens is 1. The van der Waals surface area contributed by atoms with Crippen LogP contribution in [0.4, 0.5) is 9.52 Å². The molecule has 0 unspecified atom stereocenters. The van der Waals surface area contributed by atoms with E-state index in [1.54, 1.807) is 29.7 Å². The monoisotopic (exact) mass is 317 g/mol. The van der Waals surface area contributed by atoms with Gasteiger partial charge in [0.1, 0.15) is 10.8 Å². The summed E-state index contributed by atoms with van der Waals surface area (Å²) >= 11 is 1.56. The summed E-state index contributed by atoms with van der Waals surface area (Å²) in [4.78, 5) is 2.06. The van der Waals surface area contributed by atoms with Gasteiger partial charge in [0.05, 0.1) is 6.54 Å². The summed E-state index contributed by atoms with van der Waals surface area (Å²) in [6, 6.07) is 8.39. The molecule has 114 valence electrons. The molecule has 0 aliphatic heterocycles. The molecule has 0 saturated carbocycles. The number of anilines is 1. The molecule has 0 aliphatic carbocycles. The number of benzene rings is 1. The first-order valence-electron chi connectivity index (χ1n) is 6.96. The largest absolute Gasteiger partial charge is 0.348 e. The van der Waals surface area contributed by atoms with Crippen LogP contribution in [0.1, 0.15) is 10.6 Å². The van der Waals surface area contributed by atoms with E-state index in [0.717, 1.165) is 28.8 Å². The van der Waals surface area contributed by atoms with Crippen LogP contribution in [0.5, 0.6) is 0 Å². The number of hydrogen-bond acceptors (Lipinski definition) is 5. The maximum atomic E-state index is 12.9. The molecular weight excluding hydrogens is 301 g/mol. The summed E-state index contributed by atoms with van der Waals surface area (Å²) in [6.07, 6.45) is 4.38. The van der Waals surface area contributed by atoms with Gasteiger partial charge in [0.2, 0.25) is 5.13 Å². The lowest BCUT2D eigenvalue weighted by atomic mass is 10.2. The first-order valence-corrected chi connectivity index (χ1v) is 7.78. The molecule has 3 rings (SSSR count). The maximum Gasteiger partial charge on any atom is 0.208 e. The molecule has 0 amide bonds. The third kappa shape index (κ3) is 3.67. The molecule has 7 heteroatoms. The first-order chi connectivity index (χ1) is 10.7. The second-order valence-electron chi connectivity index (χ2n) is 4.97. The lowest BCUT2D eigenvalue weighted by Crippen LogP contribution is -2.22. The minimum atomic E-state index is -0.222. The summed E-state index contributed by atoms with van der Waals surface area (Å²) < 4.78 is 14.8. The Kier molecular flexibility index (Phi) is 4.43. The number of aromatic nitrogens is 4. The van der Waals surface area contributed by atoms with Gasteiger partial charge in [-0.05, 0) is 23.8 Å². The molecule has 2 heterocycles. The third-order valence-electron chi connectivity index (χ3n) is 3.28. The lowest BCUT2D eigenvalue weighted by Gasteiger charge is -2.14. The zero-order valence-electron chi connectivity index (χ0n) is 12.2. The summed E-state index contributed by atoms with van der Waals surface area (Å²) in [7, 11) is 1.99. The van der Waals surface area contributed by atoms with Crippen LogP contribution in [0.3, 0.4) is 0 Å². The van der Waals surface area contributed by atoms with Crippen molar-refractivity contribution < 1.29 is 4.39 Å². The normalized spacial score (nSPS) is 10.8. The zero-order valence-corrected chi connectivity index (χ0v) is 13.0. The van der Waals surface area contributed by atoms with E-state index < -0.39 is 0 Å². The van der Waals surface area contributed by atoms with Crippen LogP contribution in [0.2, 0.25) is 0 Å². The number of nitrogens with zero attached hydrogens (tertiary/aromatic N) is 5. The van der Waals surface area contributed by atoms with Gasteiger partial charge in [-0.3, -0.25) is 4.68 Å². The van der Waals surface area contributed by atoms with Gasteiger partial charge in [-0.15, -0.1) is 10.2 Å². The molecular formula is C15H16FN5S. The van der Waals surface area contributed by atoms with E-state index in [2.05, 4.69) is 20.2 Å². The van der Waals surface area contributed by atoms with Crippen molar-refractivity contribution in [1.29, 1.82) is 0 Å². The van der Waals surface area contributed by atoms with Crippen molar-refractivity contribution in [2.75, 3.05) is 18.5 Å². The topological polar surface area (TPSA) is 46.8 Å². The van der Waals surface area contributed by atoms with Crippen LogP contribution in [0.25, 0.3) is 0 Å². The van der Waals surface area contributed by atoms with E-state index in [1.807, 2.05) is 24.0 Å². The Bertz CT molecular complexity index is 708. The second-order valence-corrected chi connectivity index (χ2v) is 6.01. The zero-order chi connectivity index (χ0) is 15.4. The van der Waals surface area contributed by atoms with Gasteiger partial charge in [-0.1, -0.05) is 23.5 Å². The molecule has 0 saturated heterocycles. The average molecular weight is 317 g/mol. The smallest absolute Gasteiger partial charge is 0.208 e. The fourth-order valence-corrected chi connectivity index (χ4v) is 2.89. The van der Waals surface area contributed by atoms with E-state index in [0.29, 0.717) is 6.42 Å². The van der Waals surface area contributed by atoms with Crippen molar-refractivity contribution in [3.8, 4) is 0 Å². The van der Waals surface area contributed by atoms with E-state index in [4.69, 9.17) is 0 Å². The van der Waals surface area contributed by atoms with Crippen molar-refractivity contribution in [2.24, 2.45) is 0 Å². The standard InChI is InChI=1S/C15H16FN5S/c1-20(9-10-21-8-2-7-17-21)15-19-18-14(22-15)11-12-3-5-13(16)6-4-12/h2-8H,9-11H2,1H3. The quantitative estimate of drug-likeness (QED) is 0.701. The molecule has 1 aromatic carbocycles. The molecule has 0 N–H and O–H groups in total. The Labute approximate surface area is 132 Å². The summed E-state index contributed by atoms with van der Waals surface area (Å²) in [5, 5.41) is 14.4. The van der Waals surface area contributed by atoms with Crippen molar-refractivity contribution in [3.63, 3.8) is 0 Å². The molecule has 22 heavy (non-hydrogen) atoms. The van der Waals surface area contributed by atoms with Gasteiger partial charge in [0, 0.05) is 32.4 Å². The predicted octanol–water partition coefficient (Wildman–Crippen LogP) is 2.60. The van der Waals surface area contributed by atoms with Gasteiger partial charge < -0.3 is 4.90 Å². The van der Waals surface area contributed by atoms with Crippen LogP contribution in [-0.4, -0.2) is 33.6 Å². The molecule has 5 nitrogen and oxygen atoms in total. The van der Waals surface area contributed by atoms with Crippen LogP contribution in [-0.2, 0) is 13.0 Å². The van der Waals surface area contributed by atoms with E-state index in [1.165, 1.54) is 12.1 Å². The minimum Gasteiger partial charge on any atom is -0.348 e. The Morgan fingerprint density at radius 2 is 2.05 bits per heavy atom. The molecule has 0 radical (unpaired) electrons. The summed E-state index contributed by atoms with van der Waals surface area (Å²) in [5.41, 5.74) is 1.03. The SMILES string of the molecule is CN(CCn1cccn1)c1nnc(Cc2ccc(F)cc2)s1. The van der Waals surface area contributed by atoms with Gasteiger partial charge >= 0.3 is 0 Å². The Morgan fingerprint density at radius 3 is 2.77 bits per heavy atom. The molecule has 0 bridgehead atoms. The number of rotatable bonds is 6. The third-order valence-corrected chi connectivity index (χ3v) is 4.31. The summed E-state index contributed by atoms with van der Waals surface area (Å²) in [5.74, 6) is -0.222. The average Bonchev–Trinajstić information content (AvgIpc) is 3.19. The highest BCUT2D eigenvalue weighted by Crippen LogP contribution is 2.21. The minimum absolute atomic E-state index is 0.222. The summed E-state index contributed by atoms with van der Waals surface area (Å²) in [6.45, 7) is 1.61. The molecule has 3 aromatic rings. The van der Waals surface area contributed by atoms with E-state index >= 15 is 0 Å². The van der Waals surface area contributed by atoms with Crippen LogP contribution >= 0.6 is 11.3 Å². The lowest BCUT2D eigenvalue weighted by molar-refractivity contribution is 0.610. The van der Waals surface area contributed by atoms with Gasteiger partial charge in [0.25, 0.3) is 0 Å². The highest BCUT2D eigenvalue weighted by Gasteiger charge is 2.09. The first kappa shape index (κ1) is 14.6. The van der Waals surface area contributed by atoms with Crippen molar-refractivity contribution in [2.45, 2.75) is 13.0 Å². The Balaban J connectivity index is 1.59. The van der Waals surface area contributed by atoms with Crippen molar-refractivity contribution in [1.82, 2.24) is 20.0 Å².